The van der Waals surface area contributed by atoms with Gasteiger partial charge in [-0.05, 0) is 25.6 Å². The first-order valence-corrected chi connectivity index (χ1v) is 6.80. The number of likely N-dealkylation sites (N-methyl/N-ethyl adjacent to an activating group) is 1. The van der Waals surface area contributed by atoms with E-state index in [1.165, 1.54) is 0 Å². The zero-order chi connectivity index (χ0) is 14.3. The smallest absolute Gasteiger partial charge is 0.242 e. The summed E-state index contributed by atoms with van der Waals surface area (Å²) in [5.41, 5.74) is 0.970. The van der Waals surface area contributed by atoms with Crippen LogP contribution in [0.5, 0.6) is 0 Å². The molecule has 4 heteroatoms. The van der Waals surface area contributed by atoms with Gasteiger partial charge in [-0.3, -0.25) is 9.69 Å². The maximum atomic E-state index is 12.4. The van der Waals surface area contributed by atoms with E-state index in [2.05, 4.69) is 5.32 Å². The summed E-state index contributed by atoms with van der Waals surface area (Å²) in [6, 6.07) is 9.22. The number of benzene rings is 1. The molecule has 2 unspecified atom stereocenters. The highest BCUT2D eigenvalue weighted by molar-refractivity contribution is 5.83. The van der Waals surface area contributed by atoms with Gasteiger partial charge in [0.25, 0.3) is 0 Å². The lowest BCUT2D eigenvalue weighted by molar-refractivity contribution is -0.127. The zero-order valence-corrected chi connectivity index (χ0v) is 12.0. The van der Waals surface area contributed by atoms with Crippen LogP contribution in [-0.4, -0.2) is 42.2 Å². The van der Waals surface area contributed by atoms with E-state index in [4.69, 9.17) is 0 Å². The van der Waals surface area contributed by atoms with Crippen LogP contribution in [0.15, 0.2) is 30.3 Å². The molecule has 4 nitrogen and oxygen atoms in total. The Bertz CT molecular complexity index is 377. The van der Waals surface area contributed by atoms with Crippen molar-refractivity contribution in [3.05, 3.63) is 35.9 Å². The molecule has 0 saturated heterocycles. The van der Waals surface area contributed by atoms with Crippen LogP contribution in [0.3, 0.4) is 0 Å². The van der Waals surface area contributed by atoms with Crippen LogP contribution < -0.4 is 5.32 Å². The molecular formula is C15H24N2O2. The molecular weight excluding hydrogens is 240 g/mol. The topological polar surface area (TPSA) is 52.6 Å². The normalized spacial score (nSPS) is 14.2. The summed E-state index contributed by atoms with van der Waals surface area (Å²) in [4.78, 5) is 14.4. The monoisotopic (exact) mass is 264 g/mol. The minimum absolute atomic E-state index is 0.0282. The van der Waals surface area contributed by atoms with Gasteiger partial charge in [0.15, 0.2) is 0 Å². The fourth-order valence-electron chi connectivity index (χ4n) is 1.98. The van der Waals surface area contributed by atoms with Gasteiger partial charge in [-0.2, -0.15) is 0 Å². The summed E-state index contributed by atoms with van der Waals surface area (Å²) in [6.45, 7) is 4.72. The molecule has 0 saturated carbocycles. The van der Waals surface area contributed by atoms with Crippen molar-refractivity contribution in [1.82, 2.24) is 10.2 Å². The van der Waals surface area contributed by atoms with E-state index in [-0.39, 0.29) is 24.6 Å². The standard InChI is InChI=1S/C15H24N2O2/c1-4-13(11-18)16-15(19)14(17(3)5-2)12-9-7-6-8-10-12/h6-10,13-14,18H,4-5,11H2,1-3H3,(H,16,19). The van der Waals surface area contributed by atoms with Crippen LogP contribution in [0.1, 0.15) is 31.9 Å². The van der Waals surface area contributed by atoms with Crippen molar-refractivity contribution in [3.63, 3.8) is 0 Å². The van der Waals surface area contributed by atoms with Gasteiger partial charge in [0.05, 0.1) is 12.6 Å². The van der Waals surface area contributed by atoms with Crippen LogP contribution in [0, 0.1) is 0 Å². The molecule has 1 aromatic rings. The second-order valence-electron chi connectivity index (χ2n) is 4.68. The molecule has 106 valence electrons. The number of carbonyl (C=O) groups is 1. The summed E-state index contributed by atoms with van der Waals surface area (Å²) in [6.07, 6.45) is 0.722. The molecule has 0 aromatic heterocycles. The van der Waals surface area contributed by atoms with E-state index < -0.39 is 0 Å². The lowest BCUT2D eigenvalue weighted by atomic mass is 10.0. The number of hydrogen-bond acceptors (Lipinski definition) is 3. The third-order valence-corrected chi connectivity index (χ3v) is 3.36. The Hall–Kier alpha value is -1.39. The van der Waals surface area contributed by atoms with Crippen molar-refractivity contribution in [2.75, 3.05) is 20.2 Å². The fraction of sp³-hybridized carbons (Fsp3) is 0.533. The van der Waals surface area contributed by atoms with Crippen LogP contribution in [0.25, 0.3) is 0 Å². The zero-order valence-electron chi connectivity index (χ0n) is 12.0. The summed E-state index contributed by atoms with van der Waals surface area (Å²) < 4.78 is 0. The summed E-state index contributed by atoms with van der Waals surface area (Å²) in [7, 11) is 1.93. The van der Waals surface area contributed by atoms with Crippen molar-refractivity contribution in [3.8, 4) is 0 Å². The molecule has 0 spiro atoms. The van der Waals surface area contributed by atoms with Gasteiger partial charge < -0.3 is 10.4 Å². The second-order valence-corrected chi connectivity index (χ2v) is 4.68. The fourth-order valence-corrected chi connectivity index (χ4v) is 1.98. The third-order valence-electron chi connectivity index (χ3n) is 3.36. The van der Waals surface area contributed by atoms with Crippen LogP contribution in [0.4, 0.5) is 0 Å². The lowest BCUT2D eigenvalue weighted by Crippen LogP contribution is -2.44. The number of aliphatic hydroxyl groups excluding tert-OH is 1. The Balaban J connectivity index is 2.89. The summed E-state index contributed by atoms with van der Waals surface area (Å²) >= 11 is 0. The van der Waals surface area contributed by atoms with Gasteiger partial charge >= 0.3 is 0 Å². The van der Waals surface area contributed by atoms with E-state index in [9.17, 15) is 9.90 Å². The summed E-state index contributed by atoms with van der Waals surface area (Å²) in [5.74, 6) is -0.0588. The van der Waals surface area contributed by atoms with E-state index in [0.29, 0.717) is 0 Å². The largest absolute Gasteiger partial charge is 0.394 e. The highest BCUT2D eigenvalue weighted by Gasteiger charge is 2.25. The maximum absolute atomic E-state index is 12.4. The molecule has 2 atom stereocenters. The average molecular weight is 264 g/mol. The number of nitrogens with zero attached hydrogens (tertiary/aromatic N) is 1. The molecule has 1 aromatic carbocycles. The van der Waals surface area contributed by atoms with Crippen LogP contribution in [-0.2, 0) is 4.79 Å². The molecule has 0 heterocycles. The molecule has 0 aliphatic heterocycles. The number of hydrogen-bond donors (Lipinski definition) is 2. The molecule has 1 amide bonds. The van der Waals surface area contributed by atoms with E-state index in [1.807, 2.05) is 56.1 Å². The highest BCUT2D eigenvalue weighted by Crippen LogP contribution is 2.19. The van der Waals surface area contributed by atoms with E-state index in [0.717, 1.165) is 18.5 Å². The molecule has 1 rings (SSSR count). The Morgan fingerprint density at radius 1 is 1.32 bits per heavy atom. The Morgan fingerprint density at radius 3 is 2.42 bits per heavy atom. The molecule has 0 bridgehead atoms. The highest BCUT2D eigenvalue weighted by atomic mass is 16.3. The van der Waals surface area contributed by atoms with Crippen molar-refractivity contribution >= 4 is 5.91 Å². The number of rotatable bonds is 7. The first kappa shape index (κ1) is 15.7. The van der Waals surface area contributed by atoms with Gasteiger partial charge in [-0.25, -0.2) is 0 Å². The Labute approximate surface area is 115 Å². The third kappa shape index (κ3) is 4.33. The van der Waals surface area contributed by atoms with E-state index >= 15 is 0 Å². The molecule has 2 N–H and O–H groups in total. The van der Waals surface area contributed by atoms with Gasteiger partial charge in [-0.15, -0.1) is 0 Å². The number of carbonyl (C=O) groups excluding carboxylic acids is 1. The average Bonchev–Trinajstić information content (AvgIpc) is 2.45. The quantitative estimate of drug-likeness (QED) is 0.786. The maximum Gasteiger partial charge on any atom is 0.242 e. The lowest BCUT2D eigenvalue weighted by Gasteiger charge is -2.28. The van der Waals surface area contributed by atoms with Crippen LogP contribution >= 0.6 is 0 Å². The molecule has 0 aliphatic rings. The number of amides is 1. The van der Waals surface area contributed by atoms with Gasteiger partial charge in [-0.1, -0.05) is 44.2 Å². The summed E-state index contributed by atoms with van der Waals surface area (Å²) in [5, 5.41) is 12.1. The minimum Gasteiger partial charge on any atom is -0.394 e. The van der Waals surface area contributed by atoms with Crippen molar-refractivity contribution < 1.29 is 9.90 Å². The first-order valence-electron chi connectivity index (χ1n) is 6.80. The van der Waals surface area contributed by atoms with Crippen molar-refractivity contribution in [2.24, 2.45) is 0 Å². The predicted molar refractivity (Wildman–Crippen MR) is 76.8 cm³/mol. The van der Waals surface area contributed by atoms with E-state index in [1.54, 1.807) is 0 Å². The minimum atomic E-state index is -0.313. The first-order chi connectivity index (χ1) is 9.13. The van der Waals surface area contributed by atoms with Crippen LogP contribution in [0.2, 0.25) is 0 Å². The Morgan fingerprint density at radius 2 is 1.95 bits per heavy atom. The predicted octanol–water partition coefficient (Wildman–Crippen LogP) is 1.57. The van der Waals surface area contributed by atoms with Gasteiger partial charge in [0.2, 0.25) is 5.91 Å². The Kier molecular flexibility index (Phi) is 6.53. The molecule has 19 heavy (non-hydrogen) atoms. The van der Waals surface area contributed by atoms with Crippen molar-refractivity contribution in [1.29, 1.82) is 0 Å². The van der Waals surface area contributed by atoms with Crippen molar-refractivity contribution in [2.45, 2.75) is 32.4 Å². The number of aliphatic hydroxyl groups is 1. The molecule has 0 radical (unpaired) electrons. The molecule has 0 fully saturated rings. The SMILES string of the molecule is CCC(CO)NC(=O)C(c1ccccc1)N(C)CC. The van der Waals surface area contributed by atoms with Gasteiger partial charge in [0.1, 0.15) is 6.04 Å². The molecule has 0 aliphatic carbocycles. The van der Waals surface area contributed by atoms with Gasteiger partial charge in [0, 0.05) is 0 Å². The second kappa shape index (κ2) is 7.92. The number of nitrogens with one attached hydrogen (secondary N) is 1.